The van der Waals surface area contributed by atoms with E-state index in [4.69, 9.17) is 4.74 Å². The molecule has 0 heterocycles. The van der Waals surface area contributed by atoms with E-state index in [-0.39, 0.29) is 30.8 Å². The fraction of sp³-hybridized carbons (Fsp3) is 0.316. The highest BCUT2D eigenvalue weighted by Crippen LogP contribution is 2.23. The zero-order chi connectivity index (χ0) is 17.6. The fourth-order valence-electron chi connectivity index (χ4n) is 2.35. The van der Waals surface area contributed by atoms with Crippen molar-refractivity contribution in [3.05, 3.63) is 66.0 Å². The maximum atomic E-state index is 13.1. The van der Waals surface area contributed by atoms with E-state index >= 15 is 0 Å². The number of nitrogens with one attached hydrogen (secondary N) is 1. The molecule has 2 N–H and O–H groups in total. The second-order valence-corrected chi connectivity index (χ2v) is 6.01. The molecular weight excluding hydrogens is 309 g/mol. The molecule has 2 aromatic carbocycles. The molecule has 4 nitrogen and oxygen atoms in total. The minimum Gasteiger partial charge on any atom is -0.489 e. The second kappa shape index (κ2) is 7.93. The van der Waals surface area contributed by atoms with Gasteiger partial charge in [0, 0.05) is 6.07 Å². The third-order valence-electron chi connectivity index (χ3n) is 3.62. The highest BCUT2D eigenvalue weighted by atomic mass is 19.1. The molecule has 0 fully saturated rings. The number of hydrogen-bond donors (Lipinski definition) is 2. The van der Waals surface area contributed by atoms with Crippen molar-refractivity contribution >= 4 is 5.91 Å². The summed E-state index contributed by atoms with van der Waals surface area (Å²) >= 11 is 0. The molecule has 0 spiro atoms. The first kappa shape index (κ1) is 17.9. The van der Waals surface area contributed by atoms with Gasteiger partial charge in [-0.3, -0.25) is 4.79 Å². The maximum absolute atomic E-state index is 13.1. The van der Waals surface area contributed by atoms with Crippen LogP contribution in [0.5, 0.6) is 5.75 Å². The Balaban J connectivity index is 1.82. The van der Waals surface area contributed by atoms with Crippen molar-refractivity contribution in [2.45, 2.75) is 32.0 Å². The Morgan fingerprint density at radius 1 is 1.25 bits per heavy atom. The van der Waals surface area contributed by atoms with Crippen LogP contribution >= 0.6 is 0 Å². The van der Waals surface area contributed by atoms with Gasteiger partial charge in [0.05, 0.1) is 18.6 Å². The summed E-state index contributed by atoms with van der Waals surface area (Å²) in [6, 6.07) is 14.9. The number of amides is 1. The molecule has 0 aliphatic rings. The molecule has 128 valence electrons. The molecule has 2 aromatic rings. The molecule has 2 rings (SSSR count). The summed E-state index contributed by atoms with van der Waals surface area (Å²) < 4.78 is 18.6. The van der Waals surface area contributed by atoms with E-state index in [9.17, 15) is 14.3 Å². The van der Waals surface area contributed by atoms with Gasteiger partial charge in [0.2, 0.25) is 5.91 Å². The van der Waals surface area contributed by atoms with E-state index < -0.39 is 5.60 Å². The van der Waals surface area contributed by atoms with E-state index in [1.54, 1.807) is 38.1 Å². The average Bonchev–Trinajstić information content (AvgIpc) is 2.53. The van der Waals surface area contributed by atoms with Crippen LogP contribution in [0.25, 0.3) is 0 Å². The molecule has 0 aliphatic heterocycles. The van der Waals surface area contributed by atoms with E-state index in [1.165, 1.54) is 12.1 Å². The number of benzene rings is 2. The molecular formula is C19H22FNO3. The highest BCUT2D eigenvalue weighted by molar-refractivity contribution is 5.77. The van der Waals surface area contributed by atoms with Crippen LogP contribution in [0.2, 0.25) is 0 Å². The monoisotopic (exact) mass is 331 g/mol. The van der Waals surface area contributed by atoms with Gasteiger partial charge in [0.15, 0.2) is 0 Å². The number of rotatable bonds is 7. The SMILES string of the molecule is CC(CNC(=O)CC(C)(O)c1ccccc1)Oc1cccc(F)c1. The third kappa shape index (κ3) is 5.35. The van der Waals surface area contributed by atoms with Crippen molar-refractivity contribution in [3.8, 4) is 5.75 Å². The van der Waals surface area contributed by atoms with Crippen molar-refractivity contribution in [2.75, 3.05) is 6.54 Å². The smallest absolute Gasteiger partial charge is 0.223 e. The molecule has 0 saturated carbocycles. The Hall–Kier alpha value is -2.40. The zero-order valence-electron chi connectivity index (χ0n) is 13.8. The van der Waals surface area contributed by atoms with Crippen LogP contribution in [0.1, 0.15) is 25.8 Å². The molecule has 0 bridgehead atoms. The Labute approximate surface area is 141 Å². The highest BCUT2D eigenvalue weighted by Gasteiger charge is 2.26. The lowest BCUT2D eigenvalue weighted by Crippen LogP contribution is -2.37. The van der Waals surface area contributed by atoms with E-state index in [0.29, 0.717) is 11.3 Å². The summed E-state index contributed by atoms with van der Waals surface area (Å²) in [7, 11) is 0. The summed E-state index contributed by atoms with van der Waals surface area (Å²) in [5, 5.41) is 13.2. The minimum absolute atomic E-state index is 0.0519. The Morgan fingerprint density at radius 3 is 2.62 bits per heavy atom. The molecule has 0 aliphatic carbocycles. The van der Waals surface area contributed by atoms with Crippen LogP contribution in [0.4, 0.5) is 4.39 Å². The molecule has 0 aromatic heterocycles. The van der Waals surface area contributed by atoms with E-state index in [0.717, 1.165) is 0 Å². The number of carbonyl (C=O) groups excluding carboxylic acids is 1. The lowest BCUT2D eigenvalue weighted by molar-refractivity contribution is -0.126. The second-order valence-electron chi connectivity index (χ2n) is 6.01. The van der Waals surface area contributed by atoms with Gasteiger partial charge < -0.3 is 15.2 Å². The molecule has 5 heteroatoms. The zero-order valence-corrected chi connectivity index (χ0v) is 13.8. The predicted octanol–water partition coefficient (Wildman–Crippen LogP) is 3.01. The number of ether oxygens (including phenoxy) is 1. The van der Waals surface area contributed by atoms with Crippen LogP contribution in [0.3, 0.4) is 0 Å². The van der Waals surface area contributed by atoms with Gasteiger partial charge in [-0.1, -0.05) is 36.4 Å². The van der Waals surface area contributed by atoms with Crippen LogP contribution < -0.4 is 10.1 Å². The molecule has 0 saturated heterocycles. The Morgan fingerprint density at radius 2 is 1.96 bits per heavy atom. The lowest BCUT2D eigenvalue weighted by atomic mass is 9.92. The van der Waals surface area contributed by atoms with Gasteiger partial charge in [-0.25, -0.2) is 4.39 Å². The summed E-state index contributed by atoms with van der Waals surface area (Å²) in [5.74, 6) is -0.241. The predicted molar refractivity (Wildman–Crippen MR) is 90.1 cm³/mol. The van der Waals surface area contributed by atoms with Crippen molar-refractivity contribution in [3.63, 3.8) is 0 Å². The van der Waals surface area contributed by atoms with Gasteiger partial charge in [-0.2, -0.15) is 0 Å². The van der Waals surface area contributed by atoms with Crippen molar-refractivity contribution in [2.24, 2.45) is 0 Å². The maximum Gasteiger partial charge on any atom is 0.223 e. The van der Waals surface area contributed by atoms with Crippen molar-refractivity contribution < 1.29 is 19.0 Å². The molecule has 0 radical (unpaired) electrons. The first-order valence-electron chi connectivity index (χ1n) is 7.83. The van der Waals surface area contributed by atoms with Gasteiger partial charge in [-0.05, 0) is 31.5 Å². The van der Waals surface area contributed by atoms with Gasteiger partial charge in [0.25, 0.3) is 0 Å². The van der Waals surface area contributed by atoms with Crippen LogP contribution in [-0.2, 0) is 10.4 Å². The fourth-order valence-corrected chi connectivity index (χ4v) is 2.35. The largest absolute Gasteiger partial charge is 0.489 e. The first-order chi connectivity index (χ1) is 11.4. The van der Waals surface area contributed by atoms with E-state index in [2.05, 4.69) is 5.32 Å². The molecule has 24 heavy (non-hydrogen) atoms. The molecule has 2 atom stereocenters. The number of aliphatic hydroxyl groups is 1. The minimum atomic E-state index is -1.24. The topological polar surface area (TPSA) is 58.6 Å². The van der Waals surface area contributed by atoms with Crippen LogP contribution in [0.15, 0.2) is 54.6 Å². The Kier molecular flexibility index (Phi) is 5.93. The lowest BCUT2D eigenvalue weighted by Gasteiger charge is -2.24. The first-order valence-corrected chi connectivity index (χ1v) is 7.83. The summed E-state index contributed by atoms with van der Waals surface area (Å²) in [4.78, 5) is 12.1. The van der Waals surface area contributed by atoms with E-state index in [1.807, 2.05) is 18.2 Å². The standard InChI is InChI=1S/C19H22FNO3/c1-14(24-17-10-6-9-16(20)11-17)13-21-18(22)12-19(2,23)15-7-4-3-5-8-15/h3-11,14,23H,12-13H2,1-2H3,(H,21,22). The van der Waals surface area contributed by atoms with Crippen LogP contribution in [0, 0.1) is 5.82 Å². The number of carbonyl (C=O) groups is 1. The van der Waals surface area contributed by atoms with Gasteiger partial charge in [-0.15, -0.1) is 0 Å². The summed E-state index contributed by atoms with van der Waals surface area (Å²) in [6.45, 7) is 3.65. The number of hydrogen-bond acceptors (Lipinski definition) is 3. The summed E-state index contributed by atoms with van der Waals surface area (Å²) in [5.41, 5.74) is -0.554. The normalized spacial score (nSPS) is 14.5. The van der Waals surface area contributed by atoms with Crippen LogP contribution in [-0.4, -0.2) is 23.7 Å². The quantitative estimate of drug-likeness (QED) is 0.820. The van der Waals surface area contributed by atoms with Crippen molar-refractivity contribution in [1.29, 1.82) is 0 Å². The average molecular weight is 331 g/mol. The third-order valence-corrected chi connectivity index (χ3v) is 3.62. The number of halogens is 1. The Bertz CT molecular complexity index is 673. The molecule has 2 unspecified atom stereocenters. The van der Waals surface area contributed by atoms with Gasteiger partial charge in [0.1, 0.15) is 17.7 Å². The van der Waals surface area contributed by atoms with Crippen molar-refractivity contribution in [1.82, 2.24) is 5.32 Å². The van der Waals surface area contributed by atoms with Gasteiger partial charge >= 0.3 is 0 Å². The molecule has 1 amide bonds. The summed E-state index contributed by atoms with van der Waals surface area (Å²) in [6.07, 6.45) is -0.374.